The average Bonchev–Trinajstić information content (AvgIpc) is 2.58. The first kappa shape index (κ1) is 8.49. The molecule has 0 aliphatic carbocycles. The number of phenolic OH excluding ortho intramolecular Hbond substituents is 1. The first-order chi connectivity index (χ1) is 7.25. The second-order valence-corrected chi connectivity index (χ2v) is 3.60. The molecule has 74 valence electrons. The van der Waals surface area contributed by atoms with Gasteiger partial charge in [0.05, 0.1) is 0 Å². The third-order valence-corrected chi connectivity index (χ3v) is 2.61. The molecule has 0 radical (unpaired) electrons. The van der Waals surface area contributed by atoms with Crippen LogP contribution in [0.5, 0.6) is 5.75 Å². The van der Waals surface area contributed by atoms with Gasteiger partial charge in [-0.1, -0.05) is 11.6 Å². The summed E-state index contributed by atoms with van der Waals surface area (Å²) in [4.78, 5) is 11.1. The van der Waals surface area contributed by atoms with Gasteiger partial charge in [-0.15, -0.1) is 0 Å². The SMILES string of the molecule is Oc1ccc2[nH]c3c(Cl)ncnc3c2c1. The Balaban J connectivity index is 2.58. The quantitative estimate of drug-likeness (QED) is 0.571. The van der Waals surface area contributed by atoms with Crippen molar-refractivity contribution in [2.45, 2.75) is 0 Å². The van der Waals surface area contributed by atoms with Crippen molar-refractivity contribution in [2.75, 3.05) is 0 Å². The predicted molar refractivity (Wildman–Crippen MR) is 58.1 cm³/mol. The molecule has 0 aliphatic heterocycles. The lowest BCUT2D eigenvalue weighted by molar-refractivity contribution is 0.476. The number of nitrogens with zero attached hydrogens (tertiary/aromatic N) is 2. The fourth-order valence-corrected chi connectivity index (χ4v) is 1.83. The van der Waals surface area contributed by atoms with Crippen LogP contribution in [0, 0.1) is 0 Å². The first-order valence-corrected chi connectivity index (χ1v) is 4.74. The summed E-state index contributed by atoms with van der Waals surface area (Å²) in [5, 5.41) is 10.6. The van der Waals surface area contributed by atoms with E-state index in [-0.39, 0.29) is 5.75 Å². The number of aromatic nitrogens is 3. The molecule has 2 heterocycles. The Labute approximate surface area is 89.5 Å². The van der Waals surface area contributed by atoms with E-state index in [0.29, 0.717) is 10.7 Å². The van der Waals surface area contributed by atoms with Crippen LogP contribution in [0.1, 0.15) is 0 Å². The van der Waals surface area contributed by atoms with Crippen molar-refractivity contribution in [1.82, 2.24) is 15.0 Å². The van der Waals surface area contributed by atoms with E-state index in [1.54, 1.807) is 18.2 Å². The highest BCUT2D eigenvalue weighted by Crippen LogP contribution is 2.29. The normalized spacial score (nSPS) is 11.3. The Bertz CT molecular complexity index is 662. The molecule has 4 nitrogen and oxygen atoms in total. The van der Waals surface area contributed by atoms with E-state index in [9.17, 15) is 5.11 Å². The summed E-state index contributed by atoms with van der Waals surface area (Å²) in [7, 11) is 0. The Morgan fingerprint density at radius 3 is 3.00 bits per heavy atom. The van der Waals surface area contributed by atoms with Crippen molar-refractivity contribution < 1.29 is 5.11 Å². The van der Waals surface area contributed by atoms with Gasteiger partial charge in [-0.05, 0) is 18.2 Å². The van der Waals surface area contributed by atoms with Gasteiger partial charge in [0, 0.05) is 10.9 Å². The van der Waals surface area contributed by atoms with Crippen LogP contribution in [-0.4, -0.2) is 20.1 Å². The third-order valence-electron chi connectivity index (χ3n) is 2.32. The summed E-state index contributed by atoms with van der Waals surface area (Å²) >= 11 is 5.92. The van der Waals surface area contributed by atoms with Gasteiger partial charge in [-0.3, -0.25) is 0 Å². The number of nitrogens with one attached hydrogen (secondary N) is 1. The molecule has 0 atom stereocenters. The maximum atomic E-state index is 9.39. The summed E-state index contributed by atoms with van der Waals surface area (Å²) < 4.78 is 0. The van der Waals surface area contributed by atoms with Crippen molar-refractivity contribution in [3.8, 4) is 5.75 Å². The van der Waals surface area contributed by atoms with Crippen molar-refractivity contribution in [2.24, 2.45) is 0 Å². The van der Waals surface area contributed by atoms with Gasteiger partial charge in [0.25, 0.3) is 0 Å². The molecular formula is C10H6ClN3O. The van der Waals surface area contributed by atoms with E-state index < -0.39 is 0 Å². The molecule has 0 saturated heterocycles. The molecule has 5 heteroatoms. The maximum absolute atomic E-state index is 9.39. The molecule has 0 aliphatic rings. The zero-order valence-electron chi connectivity index (χ0n) is 7.53. The van der Waals surface area contributed by atoms with E-state index in [1.807, 2.05) is 0 Å². The van der Waals surface area contributed by atoms with Gasteiger partial charge in [-0.2, -0.15) is 0 Å². The molecule has 3 rings (SSSR count). The highest BCUT2D eigenvalue weighted by atomic mass is 35.5. The van der Waals surface area contributed by atoms with E-state index in [2.05, 4.69) is 15.0 Å². The second kappa shape index (κ2) is 2.84. The Kier molecular flexibility index (Phi) is 1.61. The Morgan fingerprint density at radius 2 is 2.13 bits per heavy atom. The second-order valence-electron chi connectivity index (χ2n) is 3.24. The van der Waals surface area contributed by atoms with Crippen LogP contribution >= 0.6 is 11.6 Å². The zero-order valence-corrected chi connectivity index (χ0v) is 8.28. The van der Waals surface area contributed by atoms with Crippen LogP contribution in [0.15, 0.2) is 24.5 Å². The molecular weight excluding hydrogens is 214 g/mol. The number of hydrogen-bond acceptors (Lipinski definition) is 3. The fourth-order valence-electron chi connectivity index (χ4n) is 1.65. The summed E-state index contributed by atoms with van der Waals surface area (Å²) in [5.41, 5.74) is 2.30. The van der Waals surface area contributed by atoms with Crippen LogP contribution < -0.4 is 0 Å². The first-order valence-electron chi connectivity index (χ1n) is 4.36. The zero-order chi connectivity index (χ0) is 10.4. The number of halogens is 1. The van der Waals surface area contributed by atoms with E-state index in [4.69, 9.17) is 11.6 Å². The predicted octanol–water partition coefficient (Wildman–Crippen LogP) is 2.47. The van der Waals surface area contributed by atoms with Gasteiger partial charge < -0.3 is 10.1 Å². The molecule has 3 aromatic rings. The lowest BCUT2D eigenvalue weighted by Gasteiger charge is -1.92. The van der Waals surface area contributed by atoms with Gasteiger partial charge in [-0.25, -0.2) is 9.97 Å². The minimum Gasteiger partial charge on any atom is -0.508 e. The average molecular weight is 220 g/mol. The summed E-state index contributed by atoms with van der Waals surface area (Å²) in [5.74, 6) is 0.207. The van der Waals surface area contributed by atoms with Crippen LogP contribution in [0.25, 0.3) is 21.9 Å². The molecule has 1 aromatic carbocycles. The monoisotopic (exact) mass is 219 g/mol. The number of rotatable bonds is 0. The third kappa shape index (κ3) is 1.15. The minimum atomic E-state index is 0.207. The van der Waals surface area contributed by atoms with Crippen molar-refractivity contribution >= 4 is 33.5 Å². The van der Waals surface area contributed by atoms with Gasteiger partial charge >= 0.3 is 0 Å². The van der Waals surface area contributed by atoms with Crippen molar-refractivity contribution in [1.29, 1.82) is 0 Å². The number of hydrogen-bond donors (Lipinski definition) is 2. The van der Waals surface area contributed by atoms with Crippen LogP contribution in [0.4, 0.5) is 0 Å². The lowest BCUT2D eigenvalue weighted by atomic mass is 10.2. The number of phenols is 1. The lowest BCUT2D eigenvalue weighted by Crippen LogP contribution is -1.79. The van der Waals surface area contributed by atoms with Crippen molar-refractivity contribution in [3.05, 3.63) is 29.7 Å². The van der Waals surface area contributed by atoms with E-state index in [0.717, 1.165) is 16.4 Å². The standard InChI is InChI=1S/C10H6ClN3O/c11-10-9-8(12-4-13-10)6-3-5(15)1-2-7(6)14-9/h1-4,14-15H. The number of aromatic amines is 1. The number of H-pyrrole nitrogens is 1. The topological polar surface area (TPSA) is 61.8 Å². The summed E-state index contributed by atoms with van der Waals surface area (Å²) in [6.07, 6.45) is 1.40. The molecule has 0 unspecified atom stereocenters. The summed E-state index contributed by atoms with van der Waals surface area (Å²) in [6.45, 7) is 0. The largest absolute Gasteiger partial charge is 0.508 e. The van der Waals surface area contributed by atoms with E-state index >= 15 is 0 Å². The molecule has 2 aromatic heterocycles. The van der Waals surface area contributed by atoms with Gasteiger partial charge in [0.1, 0.15) is 23.1 Å². The molecule has 0 bridgehead atoms. The summed E-state index contributed by atoms with van der Waals surface area (Å²) in [6, 6.07) is 5.04. The minimum absolute atomic E-state index is 0.207. The van der Waals surface area contributed by atoms with Gasteiger partial charge in [0.2, 0.25) is 0 Å². The number of fused-ring (bicyclic) bond motifs is 3. The number of aromatic hydroxyl groups is 1. The van der Waals surface area contributed by atoms with Gasteiger partial charge in [0.15, 0.2) is 5.15 Å². The van der Waals surface area contributed by atoms with E-state index in [1.165, 1.54) is 6.33 Å². The molecule has 0 fully saturated rings. The Hall–Kier alpha value is -1.81. The molecule has 15 heavy (non-hydrogen) atoms. The van der Waals surface area contributed by atoms with Crippen LogP contribution in [0.3, 0.4) is 0 Å². The molecule has 0 spiro atoms. The maximum Gasteiger partial charge on any atom is 0.156 e. The fraction of sp³-hybridized carbons (Fsp3) is 0. The van der Waals surface area contributed by atoms with Crippen LogP contribution in [-0.2, 0) is 0 Å². The highest BCUT2D eigenvalue weighted by molar-refractivity contribution is 6.34. The molecule has 0 saturated carbocycles. The molecule has 0 amide bonds. The smallest absolute Gasteiger partial charge is 0.156 e. The van der Waals surface area contributed by atoms with Crippen molar-refractivity contribution in [3.63, 3.8) is 0 Å². The Morgan fingerprint density at radius 1 is 1.27 bits per heavy atom. The highest BCUT2D eigenvalue weighted by Gasteiger charge is 2.09. The molecule has 2 N–H and O–H groups in total. The number of benzene rings is 1. The van der Waals surface area contributed by atoms with Crippen LogP contribution in [0.2, 0.25) is 5.15 Å².